The van der Waals surface area contributed by atoms with Gasteiger partial charge in [-0.1, -0.05) is 0 Å². The van der Waals surface area contributed by atoms with Gasteiger partial charge in [-0.3, -0.25) is 9.69 Å². The maximum absolute atomic E-state index is 12.5. The quantitative estimate of drug-likeness (QED) is 0.617. The number of carbonyl (C=O) groups excluding carboxylic acids is 1. The maximum atomic E-state index is 12.5. The molecule has 1 aliphatic heterocycles. The number of hydrogen-bond donors (Lipinski definition) is 2. The smallest absolute Gasteiger partial charge is 0.240 e. The van der Waals surface area contributed by atoms with Crippen molar-refractivity contribution in [2.45, 2.75) is 25.2 Å². The van der Waals surface area contributed by atoms with Crippen molar-refractivity contribution in [3.05, 3.63) is 18.2 Å². The van der Waals surface area contributed by atoms with Crippen molar-refractivity contribution < 1.29 is 22.7 Å². The minimum absolute atomic E-state index is 0.0936. The van der Waals surface area contributed by atoms with E-state index in [-0.39, 0.29) is 10.8 Å². The molecule has 0 saturated carbocycles. The van der Waals surface area contributed by atoms with E-state index in [0.717, 1.165) is 39.3 Å². The zero-order chi connectivity index (χ0) is 19.0. The lowest BCUT2D eigenvalue weighted by Gasteiger charge is -2.26. The average Bonchev–Trinajstić information content (AvgIpc) is 2.61. The Morgan fingerprint density at radius 2 is 2.04 bits per heavy atom. The molecule has 2 N–H and O–H groups in total. The third kappa shape index (κ3) is 6.24. The number of benzene rings is 1. The summed E-state index contributed by atoms with van der Waals surface area (Å²) in [7, 11) is -3.65. The van der Waals surface area contributed by atoms with E-state index in [2.05, 4.69) is 14.9 Å². The van der Waals surface area contributed by atoms with Crippen LogP contribution in [0.4, 0.5) is 5.69 Å². The van der Waals surface area contributed by atoms with E-state index in [1.165, 1.54) is 19.1 Å². The zero-order valence-corrected chi connectivity index (χ0v) is 16.1. The van der Waals surface area contributed by atoms with Crippen LogP contribution in [0.3, 0.4) is 0 Å². The lowest BCUT2D eigenvalue weighted by Crippen LogP contribution is -2.38. The van der Waals surface area contributed by atoms with Crippen LogP contribution in [0.25, 0.3) is 0 Å². The predicted octanol–water partition coefficient (Wildman–Crippen LogP) is 1.04. The minimum Gasteiger partial charge on any atom is -0.492 e. The standard InChI is InChI=1S/C17H27N3O5S/c1-3-25-17-6-5-15(13-16(17)19-14(2)21)26(22,23)18-7-4-8-20-9-11-24-12-10-20/h5-6,13,18H,3-4,7-12H2,1-2H3,(H,19,21). The van der Waals surface area contributed by atoms with Crippen LogP contribution >= 0.6 is 0 Å². The van der Waals surface area contributed by atoms with Crippen molar-refractivity contribution in [3.63, 3.8) is 0 Å². The highest BCUT2D eigenvalue weighted by molar-refractivity contribution is 7.89. The first-order chi connectivity index (χ1) is 12.4. The third-order valence-corrected chi connectivity index (χ3v) is 5.38. The number of sulfonamides is 1. The SMILES string of the molecule is CCOc1ccc(S(=O)(=O)NCCCN2CCOCC2)cc1NC(C)=O. The van der Waals surface area contributed by atoms with Crippen LogP contribution in [0.2, 0.25) is 0 Å². The molecule has 1 amide bonds. The molecule has 26 heavy (non-hydrogen) atoms. The fourth-order valence-corrected chi connectivity index (χ4v) is 3.76. The summed E-state index contributed by atoms with van der Waals surface area (Å²) in [5, 5.41) is 2.61. The molecule has 0 radical (unpaired) electrons. The molecule has 1 aromatic carbocycles. The Bertz CT molecular complexity index is 702. The van der Waals surface area contributed by atoms with Crippen molar-refractivity contribution in [3.8, 4) is 5.75 Å². The van der Waals surface area contributed by atoms with Crippen molar-refractivity contribution in [1.29, 1.82) is 0 Å². The number of nitrogens with zero attached hydrogens (tertiary/aromatic N) is 1. The van der Waals surface area contributed by atoms with Gasteiger partial charge in [0.05, 0.1) is 30.4 Å². The van der Waals surface area contributed by atoms with Gasteiger partial charge in [0.1, 0.15) is 5.75 Å². The number of ether oxygens (including phenoxy) is 2. The Labute approximate surface area is 154 Å². The summed E-state index contributed by atoms with van der Waals surface area (Å²) in [5.41, 5.74) is 0.343. The Balaban J connectivity index is 1.97. The lowest BCUT2D eigenvalue weighted by atomic mass is 10.3. The van der Waals surface area contributed by atoms with Crippen LogP contribution in [-0.2, 0) is 19.6 Å². The van der Waals surface area contributed by atoms with Gasteiger partial charge in [-0.15, -0.1) is 0 Å². The van der Waals surface area contributed by atoms with Gasteiger partial charge in [-0.2, -0.15) is 0 Å². The molecule has 1 aromatic rings. The highest BCUT2D eigenvalue weighted by atomic mass is 32.2. The van der Waals surface area contributed by atoms with E-state index < -0.39 is 10.0 Å². The Hall–Kier alpha value is -1.68. The van der Waals surface area contributed by atoms with E-state index in [1.807, 2.05) is 6.92 Å². The number of anilines is 1. The maximum Gasteiger partial charge on any atom is 0.240 e. The van der Waals surface area contributed by atoms with Gasteiger partial charge < -0.3 is 14.8 Å². The first-order valence-electron chi connectivity index (χ1n) is 8.76. The van der Waals surface area contributed by atoms with Crippen LogP contribution in [-0.4, -0.2) is 65.2 Å². The summed E-state index contributed by atoms with van der Waals surface area (Å²) >= 11 is 0. The molecule has 0 unspecified atom stereocenters. The molecular weight excluding hydrogens is 358 g/mol. The number of hydrogen-bond acceptors (Lipinski definition) is 6. The van der Waals surface area contributed by atoms with Gasteiger partial charge in [0.2, 0.25) is 15.9 Å². The van der Waals surface area contributed by atoms with E-state index in [9.17, 15) is 13.2 Å². The van der Waals surface area contributed by atoms with Gasteiger partial charge in [-0.25, -0.2) is 13.1 Å². The first-order valence-corrected chi connectivity index (χ1v) is 10.2. The highest BCUT2D eigenvalue weighted by Crippen LogP contribution is 2.27. The second-order valence-electron chi connectivity index (χ2n) is 5.98. The molecule has 9 heteroatoms. The van der Waals surface area contributed by atoms with Crippen molar-refractivity contribution in [1.82, 2.24) is 9.62 Å². The molecule has 2 rings (SSSR count). The minimum atomic E-state index is -3.65. The van der Waals surface area contributed by atoms with Gasteiger partial charge >= 0.3 is 0 Å². The molecule has 0 spiro atoms. The second-order valence-corrected chi connectivity index (χ2v) is 7.74. The third-order valence-electron chi connectivity index (χ3n) is 3.92. The molecule has 1 heterocycles. The summed E-state index contributed by atoms with van der Waals surface area (Å²) in [6.45, 7) is 7.98. The van der Waals surface area contributed by atoms with Crippen LogP contribution < -0.4 is 14.8 Å². The highest BCUT2D eigenvalue weighted by Gasteiger charge is 2.17. The van der Waals surface area contributed by atoms with E-state index in [0.29, 0.717) is 24.6 Å². The monoisotopic (exact) mass is 385 g/mol. The summed E-state index contributed by atoms with van der Waals surface area (Å²) in [4.78, 5) is 13.7. The number of nitrogens with one attached hydrogen (secondary N) is 2. The Morgan fingerprint density at radius 3 is 2.69 bits per heavy atom. The molecule has 1 fully saturated rings. The normalized spacial score (nSPS) is 15.6. The van der Waals surface area contributed by atoms with Crippen LogP contribution in [0, 0.1) is 0 Å². The van der Waals surface area contributed by atoms with Crippen LogP contribution in [0.1, 0.15) is 20.3 Å². The van der Waals surface area contributed by atoms with Gasteiger partial charge in [-0.05, 0) is 38.1 Å². The Morgan fingerprint density at radius 1 is 1.31 bits per heavy atom. The summed E-state index contributed by atoms with van der Waals surface area (Å²) in [5.74, 6) is 0.146. The summed E-state index contributed by atoms with van der Waals surface area (Å²) in [6.07, 6.45) is 0.717. The number of carbonyl (C=O) groups is 1. The number of rotatable bonds is 9. The second kappa shape index (κ2) is 9.86. The zero-order valence-electron chi connectivity index (χ0n) is 15.3. The van der Waals surface area contributed by atoms with Crippen LogP contribution in [0.15, 0.2) is 23.1 Å². The largest absolute Gasteiger partial charge is 0.492 e. The average molecular weight is 385 g/mol. The molecule has 0 bridgehead atoms. The van der Waals surface area contributed by atoms with Crippen LogP contribution in [0.5, 0.6) is 5.75 Å². The molecular formula is C17H27N3O5S. The molecule has 1 aliphatic rings. The Kier molecular flexibility index (Phi) is 7.83. The molecule has 1 saturated heterocycles. The molecule has 0 aliphatic carbocycles. The lowest BCUT2D eigenvalue weighted by molar-refractivity contribution is -0.114. The van der Waals surface area contributed by atoms with Crippen molar-refractivity contribution >= 4 is 21.6 Å². The van der Waals surface area contributed by atoms with Crippen molar-refractivity contribution in [2.24, 2.45) is 0 Å². The predicted molar refractivity (Wildman–Crippen MR) is 99.0 cm³/mol. The molecule has 0 atom stereocenters. The number of morpholine rings is 1. The van der Waals surface area contributed by atoms with Gasteiger partial charge in [0.15, 0.2) is 0 Å². The van der Waals surface area contributed by atoms with E-state index in [1.54, 1.807) is 6.07 Å². The topological polar surface area (TPSA) is 97.0 Å². The van der Waals surface area contributed by atoms with E-state index in [4.69, 9.17) is 9.47 Å². The fraction of sp³-hybridized carbons (Fsp3) is 0.588. The first kappa shape index (κ1) is 20.6. The molecule has 146 valence electrons. The summed E-state index contributed by atoms with van der Waals surface area (Å²) < 4.78 is 38.3. The molecule has 0 aromatic heterocycles. The summed E-state index contributed by atoms with van der Waals surface area (Å²) in [6, 6.07) is 4.44. The number of amides is 1. The van der Waals surface area contributed by atoms with Gasteiger partial charge in [0.25, 0.3) is 0 Å². The van der Waals surface area contributed by atoms with Gasteiger partial charge in [0, 0.05) is 26.6 Å². The fourth-order valence-electron chi connectivity index (χ4n) is 2.66. The van der Waals surface area contributed by atoms with E-state index >= 15 is 0 Å². The molecule has 8 nitrogen and oxygen atoms in total. The van der Waals surface area contributed by atoms with Crippen molar-refractivity contribution in [2.75, 3.05) is 51.3 Å².